The minimum atomic E-state index is -0.199. The first-order valence-corrected chi connectivity index (χ1v) is 9.28. The molecule has 0 unspecified atom stereocenters. The summed E-state index contributed by atoms with van der Waals surface area (Å²) in [6.07, 6.45) is 3.75. The van der Waals surface area contributed by atoms with Crippen molar-refractivity contribution in [3.05, 3.63) is 77.6 Å². The molecule has 1 amide bonds. The molecule has 0 fully saturated rings. The van der Waals surface area contributed by atoms with Gasteiger partial charge in [-0.15, -0.1) is 0 Å². The van der Waals surface area contributed by atoms with Crippen LogP contribution in [0.25, 0.3) is 0 Å². The number of ether oxygens (including phenoxy) is 2. The van der Waals surface area contributed by atoms with Crippen molar-refractivity contribution in [3.63, 3.8) is 0 Å². The van der Waals surface area contributed by atoms with E-state index in [9.17, 15) is 4.79 Å². The lowest BCUT2D eigenvalue weighted by atomic mass is 10.1. The van der Waals surface area contributed by atoms with E-state index in [2.05, 4.69) is 20.6 Å². The number of hydrogen-bond donors (Lipinski definition) is 2. The molecule has 0 saturated heterocycles. The number of benzene rings is 2. The lowest BCUT2D eigenvalue weighted by Gasteiger charge is -2.08. The fourth-order valence-electron chi connectivity index (χ4n) is 2.71. The quantitative estimate of drug-likeness (QED) is 0.582. The van der Waals surface area contributed by atoms with Crippen molar-refractivity contribution in [3.8, 4) is 11.5 Å². The minimum absolute atomic E-state index is 0.199. The van der Waals surface area contributed by atoms with Crippen LogP contribution in [0, 0.1) is 0 Å². The van der Waals surface area contributed by atoms with E-state index in [0.29, 0.717) is 31.0 Å². The van der Waals surface area contributed by atoms with Crippen molar-refractivity contribution in [2.75, 3.05) is 26.1 Å². The van der Waals surface area contributed by atoms with Gasteiger partial charge in [0.1, 0.15) is 11.5 Å². The summed E-state index contributed by atoms with van der Waals surface area (Å²) in [5, 5.41) is 6.01. The van der Waals surface area contributed by atoms with Gasteiger partial charge in [-0.3, -0.25) is 4.79 Å². The lowest BCUT2D eigenvalue weighted by Crippen LogP contribution is -2.26. The third-order valence-corrected chi connectivity index (χ3v) is 4.36. The van der Waals surface area contributed by atoms with Gasteiger partial charge in [0.2, 0.25) is 5.95 Å². The standard InChI is InChI=1S/C22H24N4O3/c1-28-19-8-6-17(7-9-19)13-24-22-25-14-18(15-26-22)21(27)23-11-10-16-4-3-5-20(12-16)29-2/h3-9,12,14-15H,10-11,13H2,1-2H3,(H,23,27)(H,24,25,26). The van der Waals surface area contributed by atoms with E-state index in [-0.39, 0.29) is 5.91 Å². The Labute approximate surface area is 170 Å². The summed E-state index contributed by atoms with van der Waals surface area (Å²) >= 11 is 0. The van der Waals surface area contributed by atoms with Crippen molar-refractivity contribution in [2.45, 2.75) is 13.0 Å². The van der Waals surface area contributed by atoms with E-state index in [0.717, 1.165) is 22.6 Å². The van der Waals surface area contributed by atoms with Crippen LogP contribution in [0.3, 0.4) is 0 Å². The second-order valence-electron chi connectivity index (χ2n) is 6.35. The largest absolute Gasteiger partial charge is 0.497 e. The normalized spacial score (nSPS) is 10.3. The third-order valence-electron chi connectivity index (χ3n) is 4.36. The van der Waals surface area contributed by atoms with E-state index >= 15 is 0 Å². The number of amides is 1. The number of nitrogens with zero attached hydrogens (tertiary/aromatic N) is 2. The number of carbonyl (C=O) groups excluding carboxylic acids is 1. The van der Waals surface area contributed by atoms with Gasteiger partial charge in [0.05, 0.1) is 19.8 Å². The number of hydrogen-bond acceptors (Lipinski definition) is 6. The summed E-state index contributed by atoms with van der Waals surface area (Å²) in [7, 11) is 3.27. The smallest absolute Gasteiger partial charge is 0.254 e. The second kappa shape index (κ2) is 10.1. The maximum Gasteiger partial charge on any atom is 0.254 e. The Balaban J connectivity index is 1.46. The van der Waals surface area contributed by atoms with Crippen molar-refractivity contribution >= 4 is 11.9 Å². The molecule has 2 N–H and O–H groups in total. The molecule has 0 bridgehead atoms. The van der Waals surface area contributed by atoms with E-state index in [1.54, 1.807) is 14.2 Å². The summed E-state index contributed by atoms with van der Waals surface area (Å²) in [6.45, 7) is 1.10. The van der Waals surface area contributed by atoms with E-state index in [1.807, 2.05) is 48.5 Å². The van der Waals surface area contributed by atoms with Gasteiger partial charge in [0.15, 0.2) is 0 Å². The summed E-state index contributed by atoms with van der Waals surface area (Å²) in [5.74, 6) is 1.88. The fraction of sp³-hybridized carbons (Fsp3) is 0.227. The van der Waals surface area contributed by atoms with Gasteiger partial charge in [-0.2, -0.15) is 0 Å². The van der Waals surface area contributed by atoms with Gasteiger partial charge >= 0.3 is 0 Å². The summed E-state index contributed by atoms with van der Waals surface area (Å²) in [5.41, 5.74) is 2.60. The van der Waals surface area contributed by atoms with Gasteiger partial charge < -0.3 is 20.1 Å². The molecule has 0 saturated carbocycles. The number of carbonyl (C=O) groups is 1. The van der Waals surface area contributed by atoms with Crippen molar-refractivity contribution in [1.82, 2.24) is 15.3 Å². The van der Waals surface area contributed by atoms with E-state index in [1.165, 1.54) is 12.4 Å². The van der Waals surface area contributed by atoms with Crippen LogP contribution >= 0.6 is 0 Å². The van der Waals surface area contributed by atoms with E-state index < -0.39 is 0 Å². The summed E-state index contributed by atoms with van der Waals surface area (Å²) < 4.78 is 10.3. The Bertz CT molecular complexity index is 928. The van der Waals surface area contributed by atoms with Gasteiger partial charge in [0, 0.05) is 25.5 Å². The number of rotatable bonds is 9. The molecule has 0 radical (unpaired) electrons. The van der Waals surface area contributed by atoms with Crippen LogP contribution in [0.5, 0.6) is 11.5 Å². The number of anilines is 1. The molecule has 7 heteroatoms. The second-order valence-corrected chi connectivity index (χ2v) is 6.35. The van der Waals surface area contributed by atoms with Crippen LogP contribution in [0.4, 0.5) is 5.95 Å². The van der Waals surface area contributed by atoms with Gasteiger partial charge in [-0.1, -0.05) is 24.3 Å². The average molecular weight is 392 g/mol. The highest BCUT2D eigenvalue weighted by Gasteiger charge is 2.07. The molecule has 29 heavy (non-hydrogen) atoms. The maximum absolute atomic E-state index is 12.3. The number of nitrogens with one attached hydrogen (secondary N) is 2. The SMILES string of the molecule is COc1ccc(CNc2ncc(C(=O)NCCc3cccc(OC)c3)cn2)cc1. The molecule has 3 aromatic rings. The molecule has 1 heterocycles. The molecule has 2 aromatic carbocycles. The molecule has 0 aliphatic carbocycles. The highest BCUT2D eigenvalue weighted by Crippen LogP contribution is 2.13. The highest BCUT2D eigenvalue weighted by atomic mass is 16.5. The van der Waals surface area contributed by atoms with Crippen molar-refractivity contribution < 1.29 is 14.3 Å². The molecule has 7 nitrogen and oxygen atoms in total. The van der Waals surface area contributed by atoms with Crippen molar-refractivity contribution in [1.29, 1.82) is 0 Å². The molecule has 0 aliphatic rings. The Kier molecular flexibility index (Phi) is 7.00. The zero-order valence-corrected chi connectivity index (χ0v) is 16.5. The number of methoxy groups -OCH3 is 2. The molecular formula is C22H24N4O3. The summed E-state index contributed by atoms with van der Waals surface area (Å²) in [6, 6.07) is 15.5. The first kappa shape index (κ1) is 20.1. The molecule has 150 valence electrons. The predicted octanol–water partition coefficient (Wildman–Crippen LogP) is 3.08. The van der Waals surface area contributed by atoms with Crippen LogP contribution in [0.1, 0.15) is 21.5 Å². The first-order chi connectivity index (χ1) is 14.2. The van der Waals surface area contributed by atoms with Gasteiger partial charge in [0.25, 0.3) is 5.91 Å². The topological polar surface area (TPSA) is 85.4 Å². The highest BCUT2D eigenvalue weighted by molar-refractivity contribution is 5.93. The average Bonchev–Trinajstić information content (AvgIpc) is 2.78. The van der Waals surface area contributed by atoms with Crippen LogP contribution in [0.15, 0.2) is 60.9 Å². The van der Waals surface area contributed by atoms with Crippen LogP contribution < -0.4 is 20.1 Å². The van der Waals surface area contributed by atoms with Crippen LogP contribution in [0.2, 0.25) is 0 Å². The molecular weight excluding hydrogens is 368 g/mol. The molecule has 1 aromatic heterocycles. The Morgan fingerprint density at radius 1 is 0.931 bits per heavy atom. The number of aromatic nitrogens is 2. The maximum atomic E-state index is 12.3. The molecule has 0 aliphatic heterocycles. The summed E-state index contributed by atoms with van der Waals surface area (Å²) in [4.78, 5) is 20.7. The predicted molar refractivity (Wildman–Crippen MR) is 111 cm³/mol. The zero-order valence-electron chi connectivity index (χ0n) is 16.5. The third kappa shape index (κ3) is 5.93. The lowest BCUT2D eigenvalue weighted by molar-refractivity contribution is 0.0953. The zero-order chi connectivity index (χ0) is 20.5. The molecule has 0 atom stereocenters. The van der Waals surface area contributed by atoms with E-state index in [4.69, 9.17) is 9.47 Å². The van der Waals surface area contributed by atoms with Gasteiger partial charge in [-0.25, -0.2) is 9.97 Å². The minimum Gasteiger partial charge on any atom is -0.497 e. The Hall–Kier alpha value is -3.61. The Morgan fingerprint density at radius 3 is 2.34 bits per heavy atom. The van der Waals surface area contributed by atoms with Crippen LogP contribution in [-0.2, 0) is 13.0 Å². The molecule has 0 spiro atoms. The van der Waals surface area contributed by atoms with Crippen LogP contribution in [-0.4, -0.2) is 36.6 Å². The first-order valence-electron chi connectivity index (χ1n) is 9.28. The van der Waals surface area contributed by atoms with Crippen molar-refractivity contribution in [2.24, 2.45) is 0 Å². The Morgan fingerprint density at radius 2 is 1.66 bits per heavy atom. The monoisotopic (exact) mass is 392 g/mol. The molecule has 3 rings (SSSR count). The fourth-order valence-corrected chi connectivity index (χ4v) is 2.71. The van der Waals surface area contributed by atoms with Gasteiger partial charge in [-0.05, 0) is 41.8 Å².